The molecule has 2 nitrogen and oxygen atoms in total. The van der Waals surface area contributed by atoms with Crippen LogP contribution in [0.1, 0.15) is 19.3 Å². The van der Waals surface area contributed by atoms with Gasteiger partial charge >= 0.3 is 6.18 Å². The predicted octanol–water partition coefficient (Wildman–Crippen LogP) is 2.59. The van der Waals surface area contributed by atoms with E-state index in [0.717, 1.165) is 0 Å². The fraction of sp³-hybridized carbons (Fsp3) is 1.00. The highest BCUT2D eigenvalue weighted by molar-refractivity contribution is 4.66. The Kier molecular flexibility index (Phi) is 7.57. The highest BCUT2D eigenvalue weighted by Gasteiger charge is 2.27. The Morgan fingerprint density at radius 1 is 1.19 bits per heavy atom. The summed E-state index contributed by atoms with van der Waals surface area (Å²) in [6.07, 6.45) is -7.38. The van der Waals surface area contributed by atoms with Gasteiger partial charge in [0.2, 0.25) is 0 Å². The second-order valence-corrected chi connectivity index (χ2v) is 3.39. The zero-order chi connectivity index (χ0) is 12.6. The number of alkyl halides is 5. The van der Waals surface area contributed by atoms with Crippen LogP contribution in [0.15, 0.2) is 0 Å². The fourth-order valence-electron chi connectivity index (χ4n) is 1.17. The van der Waals surface area contributed by atoms with E-state index in [-0.39, 0.29) is 19.1 Å². The quantitative estimate of drug-likeness (QED) is 0.527. The van der Waals surface area contributed by atoms with Crippen molar-refractivity contribution in [2.45, 2.75) is 37.9 Å². The van der Waals surface area contributed by atoms with Gasteiger partial charge in [-0.3, -0.25) is 0 Å². The molecule has 1 atom stereocenters. The minimum absolute atomic E-state index is 0.0354. The Labute approximate surface area is 91.1 Å². The molecule has 1 N–H and O–H groups in total. The van der Waals surface area contributed by atoms with Crippen molar-refractivity contribution in [3.63, 3.8) is 0 Å². The summed E-state index contributed by atoms with van der Waals surface area (Å²) in [5.74, 6) is 0. The highest BCUT2D eigenvalue weighted by atomic mass is 19.4. The first-order valence-electron chi connectivity index (χ1n) is 4.95. The van der Waals surface area contributed by atoms with Crippen LogP contribution in [-0.4, -0.2) is 38.9 Å². The van der Waals surface area contributed by atoms with E-state index in [1.165, 1.54) is 7.05 Å². The third-order valence-electron chi connectivity index (χ3n) is 2.04. The maximum absolute atomic E-state index is 11.9. The summed E-state index contributed by atoms with van der Waals surface area (Å²) >= 11 is 0. The highest BCUT2D eigenvalue weighted by Crippen LogP contribution is 2.22. The van der Waals surface area contributed by atoms with Gasteiger partial charge in [0.05, 0.1) is 0 Å². The van der Waals surface area contributed by atoms with Gasteiger partial charge in [-0.1, -0.05) is 0 Å². The van der Waals surface area contributed by atoms with Crippen molar-refractivity contribution in [1.82, 2.24) is 5.32 Å². The molecule has 1 unspecified atom stereocenters. The maximum Gasteiger partial charge on any atom is 0.389 e. The Hall–Kier alpha value is -0.430. The van der Waals surface area contributed by atoms with E-state index in [2.05, 4.69) is 10.1 Å². The van der Waals surface area contributed by atoms with Gasteiger partial charge in [-0.2, -0.15) is 13.2 Å². The van der Waals surface area contributed by atoms with Crippen molar-refractivity contribution in [3.8, 4) is 0 Å². The zero-order valence-electron chi connectivity index (χ0n) is 8.99. The van der Waals surface area contributed by atoms with E-state index in [0.29, 0.717) is 6.42 Å². The van der Waals surface area contributed by atoms with Crippen LogP contribution in [0.2, 0.25) is 0 Å². The lowest BCUT2D eigenvalue weighted by molar-refractivity contribution is -0.136. The molecule has 0 aromatic rings. The second-order valence-electron chi connectivity index (χ2n) is 3.39. The van der Waals surface area contributed by atoms with Crippen LogP contribution in [0.25, 0.3) is 0 Å². The number of rotatable bonds is 8. The number of hydrogen-bond acceptors (Lipinski definition) is 2. The Morgan fingerprint density at radius 3 is 2.25 bits per heavy atom. The molecule has 0 aliphatic carbocycles. The smallest absolute Gasteiger partial charge is 0.375 e. The van der Waals surface area contributed by atoms with Crippen LogP contribution >= 0.6 is 0 Å². The molecule has 0 amide bonds. The average molecular weight is 249 g/mol. The molecule has 0 aliphatic rings. The van der Waals surface area contributed by atoms with Crippen LogP contribution in [0, 0.1) is 0 Å². The molecule has 0 aromatic carbocycles. The van der Waals surface area contributed by atoms with Crippen LogP contribution in [0.3, 0.4) is 0 Å². The molecular weight excluding hydrogens is 233 g/mol. The average Bonchev–Trinajstić information content (AvgIpc) is 2.15. The standard InChI is InChI=1S/C9H16F5NO/c1-15-7(2-4-9(12,13)14)3-5-16-6-8(10)11/h7-8,15H,2-6H2,1H3. The largest absolute Gasteiger partial charge is 0.389 e. The lowest BCUT2D eigenvalue weighted by atomic mass is 10.1. The molecule has 0 heterocycles. The summed E-state index contributed by atoms with van der Waals surface area (Å²) in [7, 11) is 1.54. The van der Waals surface area contributed by atoms with Crippen molar-refractivity contribution < 1.29 is 26.7 Å². The SMILES string of the molecule is CNC(CCOCC(F)F)CCC(F)(F)F. The fourth-order valence-corrected chi connectivity index (χ4v) is 1.17. The van der Waals surface area contributed by atoms with E-state index in [1.807, 2.05) is 0 Å². The predicted molar refractivity (Wildman–Crippen MR) is 49.6 cm³/mol. The number of nitrogens with one attached hydrogen (secondary N) is 1. The summed E-state index contributed by atoms with van der Waals surface area (Å²) in [6, 6.07) is -0.362. The summed E-state index contributed by atoms with van der Waals surface area (Å²) in [4.78, 5) is 0. The molecule has 7 heteroatoms. The molecule has 0 rings (SSSR count). The molecule has 0 spiro atoms. The van der Waals surface area contributed by atoms with E-state index >= 15 is 0 Å². The molecule has 98 valence electrons. The van der Waals surface area contributed by atoms with Crippen molar-refractivity contribution in [1.29, 1.82) is 0 Å². The van der Waals surface area contributed by atoms with Crippen LogP contribution in [0.4, 0.5) is 22.0 Å². The Balaban J connectivity index is 3.59. The van der Waals surface area contributed by atoms with E-state index in [9.17, 15) is 22.0 Å². The van der Waals surface area contributed by atoms with Crippen LogP contribution < -0.4 is 5.32 Å². The molecule has 0 saturated carbocycles. The zero-order valence-corrected chi connectivity index (χ0v) is 8.99. The molecule has 0 aromatic heterocycles. The Morgan fingerprint density at radius 2 is 1.81 bits per heavy atom. The summed E-state index contributed by atoms with van der Waals surface area (Å²) in [5.41, 5.74) is 0. The molecule has 0 saturated heterocycles. The third-order valence-corrected chi connectivity index (χ3v) is 2.04. The van der Waals surface area contributed by atoms with Gasteiger partial charge in [0.25, 0.3) is 6.43 Å². The van der Waals surface area contributed by atoms with Gasteiger partial charge in [0.15, 0.2) is 0 Å². The molecule has 0 aliphatic heterocycles. The van der Waals surface area contributed by atoms with Crippen LogP contribution in [0.5, 0.6) is 0 Å². The van der Waals surface area contributed by atoms with E-state index in [4.69, 9.17) is 0 Å². The summed E-state index contributed by atoms with van der Waals surface area (Å²) < 4.78 is 63.6. The minimum Gasteiger partial charge on any atom is -0.375 e. The molecule has 16 heavy (non-hydrogen) atoms. The number of hydrogen-bond donors (Lipinski definition) is 1. The van der Waals surface area contributed by atoms with Crippen molar-refractivity contribution in [2.24, 2.45) is 0 Å². The van der Waals surface area contributed by atoms with Gasteiger partial charge < -0.3 is 10.1 Å². The minimum atomic E-state index is -4.18. The molecule has 0 radical (unpaired) electrons. The normalized spacial score (nSPS) is 14.4. The number of ether oxygens (including phenoxy) is 1. The van der Waals surface area contributed by atoms with Gasteiger partial charge in [0.1, 0.15) is 6.61 Å². The lowest BCUT2D eigenvalue weighted by Crippen LogP contribution is -2.28. The van der Waals surface area contributed by atoms with E-state index < -0.39 is 25.6 Å². The topological polar surface area (TPSA) is 21.3 Å². The maximum atomic E-state index is 11.9. The molecule has 0 fully saturated rings. The summed E-state index contributed by atoms with van der Waals surface area (Å²) in [5, 5.41) is 2.70. The monoisotopic (exact) mass is 249 g/mol. The van der Waals surface area contributed by atoms with Gasteiger partial charge in [-0.05, 0) is 19.9 Å². The van der Waals surface area contributed by atoms with Gasteiger partial charge in [0, 0.05) is 19.1 Å². The molecule has 0 bridgehead atoms. The Bertz CT molecular complexity index is 174. The molecular formula is C9H16F5NO. The lowest BCUT2D eigenvalue weighted by Gasteiger charge is -2.17. The van der Waals surface area contributed by atoms with Crippen LogP contribution in [-0.2, 0) is 4.74 Å². The summed E-state index contributed by atoms with van der Waals surface area (Å²) in [6.45, 7) is -0.636. The van der Waals surface area contributed by atoms with Crippen molar-refractivity contribution in [2.75, 3.05) is 20.3 Å². The van der Waals surface area contributed by atoms with Crippen molar-refractivity contribution >= 4 is 0 Å². The first-order valence-corrected chi connectivity index (χ1v) is 4.95. The second kappa shape index (κ2) is 7.78. The van der Waals surface area contributed by atoms with Gasteiger partial charge in [-0.25, -0.2) is 8.78 Å². The first kappa shape index (κ1) is 15.6. The van der Waals surface area contributed by atoms with Crippen molar-refractivity contribution in [3.05, 3.63) is 0 Å². The third kappa shape index (κ3) is 10.1. The first-order chi connectivity index (χ1) is 7.35. The van der Waals surface area contributed by atoms with E-state index in [1.54, 1.807) is 0 Å². The number of halogens is 5. The van der Waals surface area contributed by atoms with Gasteiger partial charge in [-0.15, -0.1) is 0 Å².